The van der Waals surface area contributed by atoms with Crippen molar-refractivity contribution in [2.75, 3.05) is 6.54 Å². The molecule has 5 nitrogen and oxygen atoms in total. The van der Waals surface area contributed by atoms with Gasteiger partial charge < -0.3 is 0 Å². The zero-order valence-electron chi connectivity index (χ0n) is 9.33. The Morgan fingerprint density at radius 1 is 1.11 bits per heavy atom. The summed E-state index contributed by atoms with van der Waals surface area (Å²) in [6.07, 6.45) is 2.53. The first kappa shape index (κ1) is 11.9. The largest absolute Gasteiger partial charge is 0.299 e. The lowest BCUT2D eigenvalue weighted by Gasteiger charge is -2.10. The van der Waals surface area contributed by atoms with Crippen molar-refractivity contribution in [3.8, 4) is 0 Å². The number of ketones is 1. The van der Waals surface area contributed by atoms with Gasteiger partial charge in [0.1, 0.15) is 6.29 Å². The van der Waals surface area contributed by atoms with Gasteiger partial charge in [0.15, 0.2) is 5.78 Å². The topological polar surface area (TPSA) is 71.5 Å². The Morgan fingerprint density at radius 3 is 2.17 bits per heavy atom. The van der Waals surface area contributed by atoms with Crippen LogP contribution >= 0.6 is 0 Å². The van der Waals surface area contributed by atoms with E-state index in [-0.39, 0.29) is 6.54 Å². The van der Waals surface area contributed by atoms with Gasteiger partial charge in [0.05, 0.1) is 17.7 Å². The lowest BCUT2D eigenvalue weighted by Crippen LogP contribution is -2.34. The van der Waals surface area contributed by atoms with Gasteiger partial charge in [0.2, 0.25) is 0 Å². The highest BCUT2D eigenvalue weighted by Gasteiger charge is 2.35. The lowest BCUT2D eigenvalue weighted by atomic mass is 10.1. The molecule has 0 aliphatic carbocycles. The van der Waals surface area contributed by atoms with E-state index < -0.39 is 17.6 Å². The summed E-state index contributed by atoms with van der Waals surface area (Å²) < 4.78 is 0. The third-order valence-electron chi connectivity index (χ3n) is 2.55. The third kappa shape index (κ3) is 1.98. The van der Waals surface area contributed by atoms with Gasteiger partial charge >= 0.3 is 0 Å². The summed E-state index contributed by atoms with van der Waals surface area (Å²) in [5, 5.41) is 0. The Hall–Kier alpha value is -2.56. The molecule has 1 aromatic rings. The molecule has 1 aliphatic heterocycles. The first-order chi connectivity index (χ1) is 8.65. The number of benzene rings is 1. The van der Waals surface area contributed by atoms with E-state index in [0.29, 0.717) is 17.4 Å². The molecular weight excluding hydrogens is 234 g/mol. The fourth-order valence-electron chi connectivity index (χ4n) is 1.74. The second-order valence-electron chi connectivity index (χ2n) is 3.70. The van der Waals surface area contributed by atoms with Crippen LogP contribution in [0.4, 0.5) is 0 Å². The van der Waals surface area contributed by atoms with Crippen molar-refractivity contribution < 1.29 is 19.2 Å². The molecule has 0 atom stereocenters. The first-order valence-corrected chi connectivity index (χ1v) is 5.25. The molecule has 18 heavy (non-hydrogen) atoms. The second-order valence-corrected chi connectivity index (χ2v) is 3.70. The summed E-state index contributed by atoms with van der Waals surface area (Å²) >= 11 is 0. The summed E-state index contributed by atoms with van der Waals surface area (Å²) in [6.45, 7) is -0.351. The number of fused-ring (bicyclic) bond motifs is 1. The van der Waals surface area contributed by atoms with Gasteiger partial charge in [0, 0.05) is 0 Å². The van der Waals surface area contributed by atoms with Gasteiger partial charge in [-0.2, -0.15) is 0 Å². The number of amides is 2. The summed E-state index contributed by atoms with van der Waals surface area (Å²) in [6, 6.07) is 6.39. The molecule has 0 radical (unpaired) electrons. The highest BCUT2D eigenvalue weighted by atomic mass is 16.2. The second kappa shape index (κ2) is 4.75. The number of imide groups is 1. The summed E-state index contributed by atoms with van der Waals surface area (Å²) in [4.78, 5) is 46.1. The molecule has 2 rings (SSSR count). The van der Waals surface area contributed by atoms with Crippen molar-refractivity contribution in [3.05, 3.63) is 47.5 Å². The van der Waals surface area contributed by atoms with E-state index >= 15 is 0 Å². The van der Waals surface area contributed by atoms with E-state index in [9.17, 15) is 19.2 Å². The van der Waals surface area contributed by atoms with Crippen molar-refractivity contribution in [3.63, 3.8) is 0 Å². The predicted molar refractivity (Wildman–Crippen MR) is 62.0 cm³/mol. The minimum Gasteiger partial charge on any atom is -0.299 e. The van der Waals surface area contributed by atoms with Crippen LogP contribution in [-0.2, 0) is 9.59 Å². The lowest BCUT2D eigenvalue weighted by molar-refractivity contribution is -0.115. The molecule has 0 saturated heterocycles. The standard InChI is InChI=1S/C13H9NO4/c15-7-3-4-9(16)8-14-12(17)10-5-1-2-6-11(10)13(14)18/h1-7H,8H2/b4-3+. The molecule has 1 aliphatic rings. The van der Waals surface area contributed by atoms with Crippen LogP contribution in [0.1, 0.15) is 20.7 Å². The first-order valence-electron chi connectivity index (χ1n) is 5.25. The molecule has 90 valence electrons. The number of nitrogens with zero attached hydrogens (tertiary/aromatic N) is 1. The van der Waals surface area contributed by atoms with Gasteiger partial charge in [-0.25, -0.2) is 0 Å². The number of rotatable bonds is 4. The molecule has 0 aromatic heterocycles. The van der Waals surface area contributed by atoms with Crippen molar-refractivity contribution in [1.82, 2.24) is 4.90 Å². The molecule has 1 aromatic carbocycles. The van der Waals surface area contributed by atoms with E-state index in [2.05, 4.69) is 0 Å². The van der Waals surface area contributed by atoms with E-state index in [1.165, 1.54) is 0 Å². The van der Waals surface area contributed by atoms with E-state index in [4.69, 9.17) is 0 Å². The Morgan fingerprint density at radius 2 is 1.67 bits per heavy atom. The number of hydrogen-bond donors (Lipinski definition) is 0. The van der Waals surface area contributed by atoms with Crippen LogP contribution < -0.4 is 0 Å². The molecule has 5 heteroatoms. The minimum atomic E-state index is -0.483. The van der Waals surface area contributed by atoms with Crippen molar-refractivity contribution >= 4 is 23.9 Å². The van der Waals surface area contributed by atoms with Gasteiger partial charge in [-0.1, -0.05) is 12.1 Å². The normalized spacial score (nSPS) is 14.1. The molecule has 0 bridgehead atoms. The Bertz CT molecular complexity index is 539. The van der Waals surface area contributed by atoms with Crippen LogP contribution in [-0.4, -0.2) is 35.3 Å². The average molecular weight is 243 g/mol. The van der Waals surface area contributed by atoms with Gasteiger partial charge in [0.25, 0.3) is 11.8 Å². The highest BCUT2D eigenvalue weighted by Crippen LogP contribution is 2.21. The SMILES string of the molecule is O=C/C=C/C(=O)CN1C(=O)c2ccccc2C1=O. The van der Waals surface area contributed by atoms with E-state index in [1.807, 2.05) is 0 Å². The average Bonchev–Trinajstić information content (AvgIpc) is 2.62. The minimum absolute atomic E-state index is 0.301. The van der Waals surface area contributed by atoms with Crippen LogP contribution in [0.5, 0.6) is 0 Å². The van der Waals surface area contributed by atoms with Crippen LogP contribution in [0.3, 0.4) is 0 Å². The highest BCUT2D eigenvalue weighted by molar-refractivity contribution is 6.22. The summed E-state index contributed by atoms with van der Waals surface area (Å²) in [5.74, 6) is -1.44. The van der Waals surface area contributed by atoms with Crippen LogP contribution in [0, 0.1) is 0 Å². The van der Waals surface area contributed by atoms with Gasteiger partial charge in [-0.3, -0.25) is 24.1 Å². The molecule has 0 saturated carbocycles. The number of carbonyl (C=O) groups is 4. The monoisotopic (exact) mass is 243 g/mol. The van der Waals surface area contributed by atoms with Crippen LogP contribution in [0.25, 0.3) is 0 Å². The van der Waals surface area contributed by atoms with Crippen molar-refractivity contribution in [2.45, 2.75) is 0 Å². The Labute approximate surface area is 103 Å². The maximum absolute atomic E-state index is 11.9. The molecule has 0 fully saturated rings. The molecular formula is C13H9NO4. The van der Waals surface area contributed by atoms with Crippen LogP contribution in [0.2, 0.25) is 0 Å². The zero-order chi connectivity index (χ0) is 13.1. The zero-order valence-corrected chi connectivity index (χ0v) is 9.33. The molecule has 0 N–H and O–H groups in total. The fourth-order valence-corrected chi connectivity index (χ4v) is 1.74. The van der Waals surface area contributed by atoms with E-state index in [1.54, 1.807) is 24.3 Å². The molecule has 0 unspecified atom stereocenters. The third-order valence-corrected chi connectivity index (χ3v) is 2.55. The Kier molecular flexibility index (Phi) is 3.14. The number of allylic oxidation sites excluding steroid dienone is 1. The van der Waals surface area contributed by atoms with Gasteiger partial charge in [-0.05, 0) is 24.3 Å². The maximum atomic E-state index is 11.9. The summed E-state index contributed by atoms with van der Waals surface area (Å²) in [7, 11) is 0. The molecule has 0 spiro atoms. The quantitative estimate of drug-likeness (QED) is 0.441. The maximum Gasteiger partial charge on any atom is 0.261 e. The Balaban J connectivity index is 2.21. The van der Waals surface area contributed by atoms with Crippen molar-refractivity contribution in [1.29, 1.82) is 0 Å². The van der Waals surface area contributed by atoms with Crippen molar-refractivity contribution in [2.24, 2.45) is 0 Å². The molecule has 2 amide bonds. The number of carbonyl (C=O) groups excluding carboxylic acids is 4. The number of hydrogen-bond acceptors (Lipinski definition) is 4. The number of aldehydes is 1. The van der Waals surface area contributed by atoms with Crippen LogP contribution in [0.15, 0.2) is 36.4 Å². The van der Waals surface area contributed by atoms with E-state index in [0.717, 1.165) is 17.1 Å². The van der Waals surface area contributed by atoms with Gasteiger partial charge in [-0.15, -0.1) is 0 Å². The summed E-state index contributed by atoms with van der Waals surface area (Å²) in [5.41, 5.74) is 0.601. The fraction of sp³-hybridized carbons (Fsp3) is 0.0769. The predicted octanol–water partition coefficient (Wildman–Crippen LogP) is 0.607. The smallest absolute Gasteiger partial charge is 0.261 e. The molecule has 1 heterocycles.